The van der Waals surface area contributed by atoms with Crippen LogP contribution in [-0.2, 0) is 26.4 Å². The molecule has 0 unspecified atom stereocenters. The lowest BCUT2D eigenvalue weighted by molar-refractivity contribution is 0.570. The third-order valence-electron chi connectivity index (χ3n) is 4.61. The first-order chi connectivity index (χ1) is 15.1. The van der Waals surface area contributed by atoms with Crippen molar-refractivity contribution in [3.05, 3.63) is 65.3 Å². The van der Waals surface area contributed by atoms with Crippen LogP contribution >= 0.6 is 0 Å². The number of nitrogens with zero attached hydrogens (tertiary/aromatic N) is 6. The summed E-state index contributed by atoms with van der Waals surface area (Å²) in [5.74, 6) is -0.0262. The summed E-state index contributed by atoms with van der Waals surface area (Å²) in [4.78, 5) is 24.2. The molecule has 0 N–H and O–H groups in total. The molecule has 0 fully saturated rings. The monoisotopic (exact) mass is 474 g/mol. The first-order valence-corrected chi connectivity index (χ1v) is 12.9. The summed E-state index contributed by atoms with van der Waals surface area (Å²) in [7, 11) is -7.49. The van der Waals surface area contributed by atoms with Crippen molar-refractivity contribution in [1.29, 1.82) is 0 Å². The number of benzene rings is 1. The van der Waals surface area contributed by atoms with Gasteiger partial charge in [-0.1, -0.05) is 30.3 Å². The smallest absolute Gasteiger partial charge is 0.255 e. The van der Waals surface area contributed by atoms with E-state index in [4.69, 9.17) is 0 Å². The van der Waals surface area contributed by atoms with E-state index in [1.165, 1.54) is 22.9 Å². The first-order valence-electron chi connectivity index (χ1n) is 9.42. The molecule has 0 bridgehead atoms. The number of sulfone groups is 1. The highest BCUT2D eigenvalue weighted by atomic mass is 32.2. The molecule has 0 spiro atoms. The van der Waals surface area contributed by atoms with Gasteiger partial charge >= 0.3 is 0 Å². The molecule has 0 aliphatic heterocycles. The molecule has 0 atom stereocenters. The van der Waals surface area contributed by atoms with E-state index in [1.807, 2.05) is 6.07 Å². The second kappa shape index (κ2) is 8.24. The van der Waals surface area contributed by atoms with Gasteiger partial charge in [-0.15, -0.1) is 9.19 Å². The number of pyridine rings is 1. The molecule has 0 aliphatic carbocycles. The molecular weight excluding hydrogens is 456 g/mol. The van der Waals surface area contributed by atoms with Crippen LogP contribution in [0.3, 0.4) is 0 Å². The van der Waals surface area contributed by atoms with Crippen molar-refractivity contribution in [1.82, 2.24) is 28.7 Å². The highest BCUT2D eigenvalue weighted by Crippen LogP contribution is 2.15. The van der Waals surface area contributed by atoms with E-state index in [0.717, 1.165) is 16.7 Å². The van der Waals surface area contributed by atoms with Crippen LogP contribution in [0.2, 0.25) is 0 Å². The molecule has 166 valence electrons. The van der Waals surface area contributed by atoms with Gasteiger partial charge < -0.3 is 0 Å². The minimum atomic E-state index is -3.82. The van der Waals surface area contributed by atoms with Crippen molar-refractivity contribution < 1.29 is 16.8 Å². The lowest BCUT2D eigenvalue weighted by Crippen LogP contribution is -2.24. The number of fused-ring (bicyclic) bond motifs is 1. The van der Waals surface area contributed by atoms with E-state index in [0.29, 0.717) is 10.9 Å². The quantitative estimate of drug-likeness (QED) is 0.353. The largest absolute Gasteiger partial charge is 0.293 e. The van der Waals surface area contributed by atoms with Crippen LogP contribution in [0.25, 0.3) is 22.4 Å². The Bertz CT molecular complexity index is 1560. The summed E-state index contributed by atoms with van der Waals surface area (Å²) in [6.07, 6.45) is 3.48. The summed E-state index contributed by atoms with van der Waals surface area (Å²) in [6, 6.07) is 11.7. The molecule has 11 nitrogen and oxygen atoms in total. The van der Waals surface area contributed by atoms with Gasteiger partial charge in [-0.05, 0) is 12.5 Å². The number of rotatable bonds is 7. The molecule has 4 rings (SSSR count). The van der Waals surface area contributed by atoms with Crippen molar-refractivity contribution in [2.45, 2.75) is 18.1 Å². The molecule has 0 radical (unpaired) electrons. The van der Waals surface area contributed by atoms with Gasteiger partial charge in [-0.3, -0.25) is 9.36 Å². The molecule has 3 aromatic heterocycles. The minimum absolute atomic E-state index is 0.00978. The fraction of sp³-hybridized carbons (Fsp3) is 0.211. The average molecular weight is 475 g/mol. The Kier molecular flexibility index (Phi) is 5.60. The van der Waals surface area contributed by atoms with Gasteiger partial charge in [0.05, 0.1) is 5.75 Å². The Morgan fingerprint density at radius 3 is 2.44 bits per heavy atom. The summed E-state index contributed by atoms with van der Waals surface area (Å²) in [6.45, 7) is 0.00978. The number of aryl methyl sites for hydroxylation is 1. The Balaban J connectivity index is 1.56. The van der Waals surface area contributed by atoms with E-state index in [-0.39, 0.29) is 30.2 Å². The predicted octanol–water partition coefficient (Wildman–Crippen LogP) is 0.722. The SMILES string of the molecule is CS(=O)(=O)c1ncc2ccc(=O)n(CCCS(=O)(=O)n3cnc(-c4ccccc4)n3)c2n1. The second-order valence-electron chi connectivity index (χ2n) is 7.00. The van der Waals surface area contributed by atoms with Crippen LogP contribution < -0.4 is 5.56 Å². The predicted molar refractivity (Wildman–Crippen MR) is 116 cm³/mol. The molecule has 0 saturated carbocycles. The summed E-state index contributed by atoms with van der Waals surface area (Å²) in [5, 5.41) is 4.10. The Labute approximate surface area is 183 Å². The highest BCUT2D eigenvalue weighted by Gasteiger charge is 2.18. The maximum Gasteiger partial charge on any atom is 0.255 e. The maximum atomic E-state index is 12.7. The first kappa shape index (κ1) is 21.8. The van der Waals surface area contributed by atoms with Gasteiger partial charge in [-0.25, -0.2) is 26.8 Å². The third kappa shape index (κ3) is 4.43. The van der Waals surface area contributed by atoms with Gasteiger partial charge in [0.25, 0.3) is 15.6 Å². The topological polar surface area (TPSA) is 147 Å². The fourth-order valence-electron chi connectivity index (χ4n) is 3.05. The lowest BCUT2D eigenvalue weighted by Gasteiger charge is -2.10. The van der Waals surface area contributed by atoms with E-state index in [1.54, 1.807) is 24.3 Å². The Hall–Kier alpha value is -3.45. The second-order valence-corrected chi connectivity index (χ2v) is 10.9. The summed E-state index contributed by atoms with van der Waals surface area (Å²) < 4.78 is 50.9. The molecule has 0 aliphatic rings. The normalized spacial score (nSPS) is 12.3. The third-order valence-corrected chi connectivity index (χ3v) is 7.02. The number of hydrogen-bond acceptors (Lipinski definition) is 9. The van der Waals surface area contributed by atoms with Crippen LogP contribution in [0.1, 0.15) is 6.42 Å². The molecule has 4 aromatic rings. The number of aromatic nitrogens is 6. The minimum Gasteiger partial charge on any atom is -0.293 e. The van der Waals surface area contributed by atoms with Crippen LogP contribution in [-0.4, -0.2) is 57.5 Å². The van der Waals surface area contributed by atoms with Crippen LogP contribution in [0.4, 0.5) is 0 Å². The molecule has 13 heteroatoms. The zero-order chi connectivity index (χ0) is 22.9. The molecule has 0 saturated heterocycles. The van der Waals surface area contributed by atoms with Gasteiger partial charge in [0.1, 0.15) is 12.0 Å². The van der Waals surface area contributed by atoms with Gasteiger partial charge in [0.15, 0.2) is 5.82 Å². The van der Waals surface area contributed by atoms with Crippen molar-refractivity contribution in [2.75, 3.05) is 12.0 Å². The van der Waals surface area contributed by atoms with Crippen molar-refractivity contribution in [3.63, 3.8) is 0 Å². The van der Waals surface area contributed by atoms with E-state index in [2.05, 4.69) is 20.1 Å². The Morgan fingerprint density at radius 2 is 1.72 bits per heavy atom. The zero-order valence-corrected chi connectivity index (χ0v) is 18.5. The van der Waals surface area contributed by atoms with Crippen LogP contribution in [0.5, 0.6) is 0 Å². The van der Waals surface area contributed by atoms with Gasteiger partial charge in [0.2, 0.25) is 15.0 Å². The van der Waals surface area contributed by atoms with Crippen LogP contribution in [0, 0.1) is 0 Å². The zero-order valence-electron chi connectivity index (χ0n) is 16.9. The molecular formula is C19H18N6O5S2. The molecule has 32 heavy (non-hydrogen) atoms. The van der Waals surface area contributed by atoms with Crippen molar-refractivity contribution in [2.24, 2.45) is 0 Å². The van der Waals surface area contributed by atoms with Gasteiger partial charge in [0, 0.05) is 36.0 Å². The standard InChI is InChI=1S/C19H18N6O5S2/c1-31(27,28)19-20-12-15-8-9-16(26)24(18(15)22-19)10-5-11-32(29,30)25-13-21-17(23-25)14-6-3-2-4-7-14/h2-4,6-9,12-13H,5,10-11H2,1H3. The lowest BCUT2D eigenvalue weighted by atomic mass is 10.2. The van der Waals surface area contributed by atoms with E-state index < -0.39 is 30.6 Å². The number of hydrogen-bond donors (Lipinski definition) is 0. The van der Waals surface area contributed by atoms with Crippen molar-refractivity contribution in [3.8, 4) is 11.4 Å². The van der Waals surface area contributed by atoms with Crippen molar-refractivity contribution >= 4 is 30.9 Å². The molecule has 3 heterocycles. The fourth-order valence-corrected chi connectivity index (χ4v) is 4.62. The van der Waals surface area contributed by atoms with Gasteiger partial charge in [-0.2, -0.15) is 4.98 Å². The van der Waals surface area contributed by atoms with Crippen LogP contribution in [0.15, 0.2) is 64.9 Å². The summed E-state index contributed by atoms with van der Waals surface area (Å²) in [5.41, 5.74) is 0.378. The van der Waals surface area contributed by atoms with E-state index in [9.17, 15) is 21.6 Å². The average Bonchev–Trinajstić information content (AvgIpc) is 3.26. The molecule has 0 amide bonds. The van der Waals surface area contributed by atoms with E-state index >= 15 is 0 Å². The maximum absolute atomic E-state index is 12.7. The summed E-state index contributed by atoms with van der Waals surface area (Å²) >= 11 is 0. The molecule has 1 aromatic carbocycles. The highest BCUT2D eigenvalue weighted by molar-refractivity contribution is 7.90. The Morgan fingerprint density at radius 1 is 0.969 bits per heavy atom.